The molecule has 0 saturated heterocycles. The predicted octanol–water partition coefficient (Wildman–Crippen LogP) is 2.32. The average Bonchev–Trinajstić information content (AvgIpc) is 2.58. The molecule has 0 atom stereocenters. The number of para-hydroxylation sites is 1. The van der Waals surface area contributed by atoms with Crippen LogP contribution in [-0.4, -0.2) is 11.1 Å². The molecule has 0 spiro atoms. The molecule has 1 aromatic heterocycles. The summed E-state index contributed by atoms with van der Waals surface area (Å²) < 4.78 is 5.31. The maximum atomic E-state index is 10.8. The first kappa shape index (κ1) is 10.7. The second kappa shape index (κ2) is 3.35. The van der Waals surface area contributed by atoms with Crippen LogP contribution in [0, 0.1) is 0 Å². The normalized spacial score (nSPS) is 11.9. The van der Waals surface area contributed by atoms with Crippen LogP contribution in [0.5, 0.6) is 0 Å². The third-order valence-corrected chi connectivity index (χ3v) is 2.45. The van der Waals surface area contributed by atoms with Crippen molar-refractivity contribution in [2.45, 2.75) is 19.4 Å². The molecule has 84 valence electrons. The van der Waals surface area contributed by atoms with Gasteiger partial charge in [-0.25, -0.2) is 4.79 Å². The number of carbonyl (C=O) groups is 1. The van der Waals surface area contributed by atoms with Crippen molar-refractivity contribution in [3.05, 3.63) is 35.6 Å². The number of benzene rings is 1. The summed E-state index contributed by atoms with van der Waals surface area (Å²) in [6.45, 7) is 3.70. The Balaban J connectivity index is 2.73. The summed E-state index contributed by atoms with van der Waals surface area (Å²) in [5, 5.41) is 9.61. The molecule has 3 N–H and O–H groups in total. The summed E-state index contributed by atoms with van der Waals surface area (Å²) in [5.74, 6) is -1.14. The monoisotopic (exact) mass is 219 g/mol. The van der Waals surface area contributed by atoms with E-state index in [2.05, 4.69) is 0 Å². The first-order valence-corrected chi connectivity index (χ1v) is 4.95. The number of rotatable bonds is 2. The quantitative estimate of drug-likeness (QED) is 0.812. The third kappa shape index (κ3) is 1.67. The van der Waals surface area contributed by atoms with E-state index in [9.17, 15) is 4.79 Å². The maximum absolute atomic E-state index is 10.8. The van der Waals surface area contributed by atoms with Gasteiger partial charge in [0.05, 0.1) is 0 Å². The van der Waals surface area contributed by atoms with Gasteiger partial charge in [0.25, 0.3) is 0 Å². The topological polar surface area (TPSA) is 76.5 Å². The van der Waals surface area contributed by atoms with Crippen molar-refractivity contribution in [3.63, 3.8) is 0 Å². The van der Waals surface area contributed by atoms with Crippen molar-refractivity contribution in [1.82, 2.24) is 0 Å². The number of nitrogens with two attached hydrogens (primary N) is 1. The minimum atomic E-state index is -1.07. The van der Waals surface area contributed by atoms with Gasteiger partial charge in [-0.1, -0.05) is 18.2 Å². The molecule has 2 rings (SSSR count). The molecule has 0 aliphatic carbocycles. The summed E-state index contributed by atoms with van der Waals surface area (Å²) in [7, 11) is 0. The van der Waals surface area contributed by atoms with Crippen molar-refractivity contribution >= 4 is 16.9 Å². The average molecular weight is 219 g/mol. The number of carboxylic acids is 1. The van der Waals surface area contributed by atoms with E-state index < -0.39 is 11.5 Å². The zero-order valence-corrected chi connectivity index (χ0v) is 9.15. The highest BCUT2D eigenvalue weighted by Gasteiger charge is 2.21. The maximum Gasteiger partial charge on any atom is 0.371 e. The van der Waals surface area contributed by atoms with Gasteiger partial charge < -0.3 is 15.3 Å². The van der Waals surface area contributed by atoms with Crippen LogP contribution < -0.4 is 5.73 Å². The van der Waals surface area contributed by atoms with E-state index in [1.165, 1.54) is 6.07 Å². The molecule has 0 unspecified atom stereocenters. The van der Waals surface area contributed by atoms with Crippen LogP contribution in [0.1, 0.15) is 30.0 Å². The molecule has 2 aromatic rings. The van der Waals surface area contributed by atoms with Gasteiger partial charge in [0, 0.05) is 16.5 Å². The smallest absolute Gasteiger partial charge is 0.371 e. The number of hydrogen-bond donors (Lipinski definition) is 2. The summed E-state index contributed by atoms with van der Waals surface area (Å²) in [6, 6.07) is 7.00. The van der Waals surface area contributed by atoms with E-state index >= 15 is 0 Å². The molecular weight excluding hydrogens is 206 g/mol. The number of aromatic carboxylic acids is 1. The second-order valence-corrected chi connectivity index (χ2v) is 4.36. The van der Waals surface area contributed by atoms with Gasteiger partial charge in [-0.2, -0.15) is 0 Å². The highest BCUT2D eigenvalue weighted by molar-refractivity contribution is 5.92. The van der Waals surface area contributed by atoms with Crippen LogP contribution in [0.4, 0.5) is 0 Å². The minimum Gasteiger partial charge on any atom is -0.475 e. The van der Waals surface area contributed by atoms with Crippen molar-refractivity contribution < 1.29 is 14.3 Å². The lowest BCUT2D eigenvalue weighted by Gasteiger charge is -2.18. The molecule has 4 heteroatoms. The molecule has 0 amide bonds. The lowest BCUT2D eigenvalue weighted by molar-refractivity contribution is 0.0665. The Labute approximate surface area is 92.7 Å². The highest BCUT2D eigenvalue weighted by atomic mass is 16.4. The van der Waals surface area contributed by atoms with Crippen molar-refractivity contribution in [2.24, 2.45) is 5.73 Å². The van der Waals surface area contributed by atoms with Crippen molar-refractivity contribution in [3.8, 4) is 0 Å². The van der Waals surface area contributed by atoms with Crippen LogP contribution >= 0.6 is 0 Å². The van der Waals surface area contributed by atoms with Crippen LogP contribution in [-0.2, 0) is 5.54 Å². The molecule has 0 fully saturated rings. The van der Waals surface area contributed by atoms with Crippen LogP contribution in [0.3, 0.4) is 0 Å². The Morgan fingerprint density at radius 3 is 2.69 bits per heavy atom. The minimum absolute atomic E-state index is 0.0632. The summed E-state index contributed by atoms with van der Waals surface area (Å²) >= 11 is 0. The largest absolute Gasteiger partial charge is 0.475 e. The van der Waals surface area contributed by atoms with Gasteiger partial charge in [-0.05, 0) is 19.9 Å². The molecule has 0 saturated carbocycles. The predicted molar refractivity (Wildman–Crippen MR) is 60.4 cm³/mol. The third-order valence-electron chi connectivity index (χ3n) is 2.45. The molecule has 0 aliphatic rings. The fourth-order valence-electron chi connectivity index (χ4n) is 1.68. The van der Waals surface area contributed by atoms with E-state index in [1.807, 2.05) is 26.0 Å². The number of carboxylic acid groups (broad SMARTS) is 1. The second-order valence-electron chi connectivity index (χ2n) is 4.36. The Kier molecular flexibility index (Phi) is 2.24. The van der Waals surface area contributed by atoms with Crippen LogP contribution in [0.2, 0.25) is 0 Å². The SMILES string of the molecule is CC(C)(N)c1cccc2cc(C(=O)O)oc12. The van der Waals surface area contributed by atoms with E-state index in [0.29, 0.717) is 5.58 Å². The van der Waals surface area contributed by atoms with E-state index in [-0.39, 0.29) is 5.76 Å². The fourth-order valence-corrected chi connectivity index (χ4v) is 1.68. The zero-order valence-electron chi connectivity index (χ0n) is 9.15. The Hall–Kier alpha value is -1.81. The van der Waals surface area contributed by atoms with Gasteiger partial charge in [0.2, 0.25) is 5.76 Å². The van der Waals surface area contributed by atoms with Gasteiger partial charge in [0.15, 0.2) is 0 Å². The number of furan rings is 1. The summed E-state index contributed by atoms with van der Waals surface area (Å²) in [5.41, 5.74) is 6.79. The molecule has 4 nitrogen and oxygen atoms in total. The van der Waals surface area contributed by atoms with Gasteiger partial charge in [-0.3, -0.25) is 0 Å². The Morgan fingerprint density at radius 1 is 1.44 bits per heavy atom. The number of fused-ring (bicyclic) bond motifs is 1. The fraction of sp³-hybridized carbons (Fsp3) is 0.250. The molecule has 1 aromatic carbocycles. The lowest BCUT2D eigenvalue weighted by Crippen LogP contribution is -2.28. The molecule has 1 heterocycles. The number of hydrogen-bond acceptors (Lipinski definition) is 3. The Bertz CT molecular complexity index is 549. The molecule has 16 heavy (non-hydrogen) atoms. The van der Waals surface area contributed by atoms with E-state index in [0.717, 1.165) is 10.9 Å². The standard InChI is InChI=1S/C12H13NO3/c1-12(2,13)8-5-3-4-7-6-9(11(14)15)16-10(7)8/h3-6H,13H2,1-2H3,(H,14,15). The summed E-state index contributed by atoms with van der Waals surface area (Å²) in [4.78, 5) is 10.8. The van der Waals surface area contributed by atoms with Crippen LogP contribution in [0.15, 0.2) is 28.7 Å². The molecule has 0 aliphatic heterocycles. The van der Waals surface area contributed by atoms with Gasteiger partial charge in [-0.15, -0.1) is 0 Å². The lowest BCUT2D eigenvalue weighted by atomic mass is 9.94. The van der Waals surface area contributed by atoms with E-state index in [4.69, 9.17) is 15.3 Å². The first-order valence-electron chi connectivity index (χ1n) is 4.95. The van der Waals surface area contributed by atoms with Gasteiger partial charge in [0.1, 0.15) is 5.58 Å². The first-order chi connectivity index (χ1) is 7.39. The molecule has 0 bridgehead atoms. The zero-order chi connectivity index (χ0) is 11.9. The van der Waals surface area contributed by atoms with Gasteiger partial charge >= 0.3 is 5.97 Å². The van der Waals surface area contributed by atoms with E-state index in [1.54, 1.807) is 6.07 Å². The summed E-state index contributed by atoms with van der Waals surface area (Å²) in [6.07, 6.45) is 0. The van der Waals surface area contributed by atoms with Crippen LogP contribution in [0.25, 0.3) is 11.0 Å². The van der Waals surface area contributed by atoms with Crippen molar-refractivity contribution in [1.29, 1.82) is 0 Å². The Morgan fingerprint density at radius 2 is 2.12 bits per heavy atom. The molecular formula is C12H13NO3. The molecule has 0 radical (unpaired) electrons. The highest BCUT2D eigenvalue weighted by Crippen LogP contribution is 2.29. The van der Waals surface area contributed by atoms with Crippen molar-refractivity contribution in [2.75, 3.05) is 0 Å².